The lowest BCUT2D eigenvalue weighted by Gasteiger charge is -2.08. The van der Waals surface area contributed by atoms with E-state index in [1.54, 1.807) is 36.5 Å². The topological polar surface area (TPSA) is 70.6 Å². The number of rotatable bonds is 5. The average molecular weight is 458 g/mol. The Kier molecular flexibility index (Phi) is 6.05. The molecule has 0 unspecified atom stereocenters. The zero-order valence-corrected chi connectivity index (χ0v) is 19.2. The normalized spacial score (nSPS) is 11.1. The lowest BCUT2D eigenvalue weighted by molar-refractivity contribution is 0.0954. The summed E-state index contributed by atoms with van der Waals surface area (Å²) >= 11 is 0. The van der Waals surface area contributed by atoms with Crippen LogP contribution in [-0.2, 0) is 0 Å². The highest BCUT2D eigenvalue weighted by Gasteiger charge is 2.09. The third kappa shape index (κ3) is 4.80. The van der Waals surface area contributed by atoms with Gasteiger partial charge < -0.3 is 5.32 Å². The minimum Gasteiger partial charge on any atom is -0.322 e. The van der Waals surface area contributed by atoms with E-state index < -0.39 is 0 Å². The van der Waals surface area contributed by atoms with Gasteiger partial charge in [-0.05, 0) is 70.9 Å². The van der Waals surface area contributed by atoms with Crippen LogP contribution in [-0.4, -0.2) is 18.0 Å². The van der Waals surface area contributed by atoms with Crippen LogP contribution in [0.1, 0.15) is 31.8 Å². The van der Waals surface area contributed by atoms with Gasteiger partial charge >= 0.3 is 0 Å². The van der Waals surface area contributed by atoms with Crippen molar-refractivity contribution in [2.45, 2.75) is 6.92 Å². The van der Waals surface area contributed by atoms with Gasteiger partial charge in [-0.15, -0.1) is 0 Å². The van der Waals surface area contributed by atoms with E-state index in [2.05, 4.69) is 46.2 Å². The molecule has 0 saturated carbocycles. The molecule has 0 aliphatic carbocycles. The van der Waals surface area contributed by atoms with Crippen LogP contribution in [0.5, 0.6) is 0 Å². The zero-order chi connectivity index (χ0) is 24.2. The quantitative estimate of drug-likeness (QED) is 0.184. The number of amides is 2. The highest BCUT2D eigenvalue weighted by molar-refractivity contribution is 6.13. The van der Waals surface area contributed by atoms with Gasteiger partial charge in [-0.2, -0.15) is 5.10 Å². The van der Waals surface area contributed by atoms with Gasteiger partial charge in [-0.1, -0.05) is 66.2 Å². The van der Waals surface area contributed by atoms with Crippen LogP contribution in [0.4, 0.5) is 5.69 Å². The minimum absolute atomic E-state index is 0.196. The van der Waals surface area contributed by atoms with E-state index in [0.717, 1.165) is 32.7 Å². The molecule has 170 valence electrons. The van der Waals surface area contributed by atoms with Gasteiger partial charge in [0.1, 0.15) is 0 Å². The molecule has 5 rings (SSSR count). The van der Waals surface area contributed by atoms with Crippen molar-refractivity contribution in [3.05, 3.63) is 125 Å². The van der Waals surface area contributed by atoms with E-state index in [1.165, 1.54) is 0 Å². The lowest BCUT2D eigenvalue weighted by atomic mass is 9.97. The summed E-state index contributed by atoms with van der Waals surface area (Å²) in [4.78, 5) is 25.1. The fourth-order valence-electron chi connectivity index (χ4n) is 4.10. The molecule has 0 bridgehead atoms. The molecule has 2 amide bonds. The number of fused-ring (bicyclic) bond motifs is 2. The molecule has 0 aliphatic rings. The summed E-state index contributed by atoms with van der Waals surface area (Å²) in [6.07, 6.45) is 1.69. The maximum absolute atomic E-state index is 12.6. The number of nitrogens with zero attached hydrogens (tertiary/aromatic N) is 1. The molecule has 35 heavy (non-hydrogen) atoms. The molecule has 0 spiro atoms. The molecule has 0 heterocycles. The summed E-state index contributed by atoms with van der Waals surface area (Å²) in [5, 5.41) is 11.5. The number of hydrogen-bond acceptors (Lipinski definition) is 3. The molecule has 0 atom stereocenters. The number of carbonyl (C=O) groups is 2. The number of aryl methyl sites for hydroxylation is 1. The molecular weight excluding hydrogens is 434 g/mol. The minimum atomic E-state index is -0.331. The Morgan fingerprint density at radius 2 is 1.34 bits per heavy atom. The Morgan fingerprint density at radius 3 is 2.00 bits per heavy atom. The molecule has 5 aromatic carbocycles. The highest BCUT2D eigenvalue weighted by Crippen LogP contribution is 2.27. The summed E-state index contributed by atoms with van der Waals surface area (Å²) in [7, 11) is 0. The third-order valence-corrected chi connectivity index (χ3v) is 5.86. The number of nitrogens with one attached hydrogen (secondary N) is 2. The van der Waals surface area contributed by atoms with Gasteiger partial charge in [-0.3, -0.25) is 9.59 Å². The highest BCUT2D eigenvalue weighted by atomic mass is 16.2. The maximum atomic E-state index is 12.6. The fourth-order valence-corrected chi connectivity index (χ4v) is 4.10. The number of hydrogen-bond donors (Lipinski definition) is 2. The zero-order valence-electron chi connectivity index (χ0n) is 19.2. The van der Waals surface area contributed by atoms with Crippen LogP contribution in [0.15, 0.2) is 108 Å². The van der Waals surface area contributed by atoms with E-state index in [9.17, 15) is 9.59 Å². The van der Waals surface area contributed by atoms with Crippen LogP contribution < -0.4 is 10.7 Å². The van der Waals surface area contributed by atoms with Gasteiger partial charge in [0.2, 0.25) is 0 Å². The van der Waals surface area contributed by atoms with Crippen LogP contribution in [0.3, 0.4) is 0 Å². The molecule has 0 fully saturated rings. The standard InChI is InChI=1S/C30H23N3O2/c1-20-7-6-10-24(17-20)29(34)32-25-15-13-21(14-16-25)30(35)33-31-19-28-26-11-4-2-8-22(26)18-23-9-3-5-12-27(23)28/h2-19H,1H3,(H,32,34)(H,33,35)/b31-19+. The van der Waals surface area contributed by atoms with E-state index >= 15 is 0 Å². The molecule has 5 nitrogen and oxygen atoms in total. The molecule has 0 aliphatic heterocycles. The molecule has 0 saturated heterocycles. The van der Waals surface area contributed by atoms with Crippen molar-refractivity contribution in [3.8, 4) is 0 Å². The van der Waals surface area contributed by atoms with Crippen molar-refractivity contribution in [2.75, 3.05) is 5.32 Å². The van der Waals surface area contributed by atoms with Gasteiger partial charge in [0.05, 0.1) is 6.21 Å². The van der Waals surface area contributed by atoms with Crippen LogP contribution in [0, 0.1) is 6.92 Å². The largest absolute Gasteiger partial charge is 0.322 e. The number of benzene rings is 5. The summed E-state index contributed by atoms with van der Waals surface area (Å²) in [6, 6.07) is 32.5. The molecule has 0 aromatic heterocycles. The predicted molar refractivity (Wildman–Crippen MR) is 142 cm³/mol. The first-order chi connectivity index (χ1) is 17.1. The lowest BCUT2D eigenvalue weighted by Crippen LogP contribution is -2.18. The van der Waals surface area contributed by atoms with Crippen molar-refractivity contribution in [2.24, 2.45) is 5.10 Å². The number of carbonyl (C=O) groups excluding carboxylic acids is 2. The second-order valence-electron chi connectivity index (χ2n) is 8.33. The van der Waals surface area contributed by atoms with Crippen LogP contribution in [0.2, 0.25) is 0 Å². The maximum Gasteiger partial charge on any atom is 0.271 e. The second-order valence-corrected chi connectivity index (χ2v) is 8.33. The molecule has 0 radical (unpaired) electrons. The Balaban J connectivity index is 1.30. The smallest absolute Gasteiger partial charge is 0.271 e. The van der Waals surface area contributed by atoms with E-state index in [1.807, 2.05) is 49.4 Å². The van der Waals surface area contributed by atoms with Crippen molar-refractivity contribution in [1.29, 1.82) is 0 Å². The summed E-state index contributed by atoms with van der Waals surface area (Å²) in [5.41, 5.74) is 6.22. The summed E-state index contributed by atoms with van der Waals surface area (Å²) < 4.78 is 0. The molecular formula is C30H23N3O2. The Bertz CT molecular complexity index is 1530. The SMILES string of the molecule is Cc1cccc(C(=O)Nc2ccc(C(=O)N/N=C/c3c4ccccc4cc4ccccc34)cc2)c1. The van der Waals surface area contributed by atoms with Crippen molar-refractivity contribution < 1.29 is 9.59 Å². The fraction of sp³-hybridized carbons (Fsp3) is 0.0333. The van der Waals surface area contributed by atoms with Gasteiger partial charge in [0.25, 0.3) is 11.8 Å². The first-order valence-electron chi connectivity index (χ1n) is 11.3. The Labute approximate surface area is 203 Å². The first kappa shape index (κ1) is 22.0. The van der Waals surface area contributed by atoms with E-state index in [4.69, 9.17) is 0 Å². The van der Waals surface area contributed by atoms with Crippen LogP contribution in [0.25, 0.3) is 21.5 Å². The third-order valence-electron chi connectivity index (χ3n) is 5.86. The summed E-state index contributed by atoms with van der Waals surface area (Å²) in [6.45, 7) is 1.94. The van der Waals surface area contributed by atoms with Crippen LogP contribution >= 0.6 is 0 Å². The summed E-state index contributed by atoms with van der Waals surface area (Å²) in [5.74, 6) is -0.528. The molecule has 5 heteroatoms. The van der Waals surface area contributed by atoms with Crippen molar-refractivity contribution in [3.63, 3.8) is 0 Å². The Hall–Kier alpha value is -4.77. The van der Waals surface area contributed by atoms with Crippen molar-refractivity contribution >= 4 is 45.3 Å². The molecule has 5 aromatic rings. The monoisotopic (exact) mass is 457 g/mol. The predicted octanol–water partition coefficient (Wildman–Crippen LogP) is 6.32. The number of hydrazone groups is 1. The molecule has 2 N–H and O–H groups in total. The van der Waals surface area contributed by atoms with E-state index in [0.29, 0.717) is 16.8 Å². The van der Waals surface area contributed by atoms with Gasteiger partial charge in [-0.25, -0.2) is 5.43 Å². The second kappa shape index (κ2) is 9.61. The van der Waals surface area contributed by atoms with Crippen molar-refractivity contribution in [1.82, 2.24) is 5.43 Å². The van der Waals surface area contributed by atoms with Gasteiger partial charge in [0, 0.05) is 22.4 Å². The number of anilines is 1. The van der Waals surface area contributed by atoms with Gasteiger partial charge in [0.15, 0.2) is 0 Å². The average Bonchev–Trinajstić information content (AvgIpc) is 2.88. The van der Waals surface area contributed by atoms with E-state index in [-0.39, 0.29) is 11.8 Å². The Morgan fingerprint density at radius 1 is 0.686 bits per heavy atom. The first-order valence-corrected chi connectivity index (χ1v) is 11.3.